The quantitative estimate of drug-likeness (QED) is 0.0538. The average molecular weight is 956 g/mol. The van der Waals surface area contributed by atoms with Crippen molar-refractivity contribution in [3.05, 3.63) is 47.5 Å². The lowest BCUT2D eigenvalue weighted by Gasteiger charge is -2.32. The molecule has 5 atom stereocenters. The molecule has 0 aliphatic carbocycles. The number of nitrogens with two attached hydrogens (primary N) is 3. The van der Waals surface area contributed by atoms with Gasteiger partial charge in [-0.15, -0.1) is 0 Å². The summed E-state index contributed by atoms with van der Waals surface area (Å²) in [6.45, 7) is 6.76. The Kier molecular flexibility index (Phi) is 24.9. The lowest BCUT2D eigenvalue weighted by atomic mass is 9.87. The van der Waals surface area contributed by atoms with Crippen LogP contribution in [0.4, 0.5) is 0 Å². The summed E-state index contributed by atoms with van der Waals surface area (Å²) in [6.07, 6.45) is 16.5. The van der Waals surface area contributed by atoms with Crippen molar-refractivity contribution in [2.45, 2.75) is 161 Å². The molecule has 0 saturated carbocycles. The second-order valence-corrected chi connectivity index (χ2v) is 19.0. The van der Waals surface area contributed by atoms with Crippen molar-refractivity contribution in [1.29, 1.82) is 0 Å². The van der Waals surface area contributed by atoms with Gasteiger partial charge in [-0.3, -0.25) is 28.8 Å². The Bertz CT molecular complexity index is 2070. The summed E-state index contributed by atoms with van der Waals surface area (Å²) in [4.78, 5) is 86.1. The molecule has 0 saturated heterocycles. The van der Waals surface area contributed by atoms with Crippen molar-refractivity contribution < 1.29 is 38.2 Å². The first-order chi connectivity index (χ1) is 33.3. The third-order valence-corrected chi connectivity index (χ3v) is 13.2. The highest BCUT2D eigenvalue weighted by atomic mass is 16.5. The Hall–Kier alpha value is -5.12. The Balaban J connectivity index is 1.68. The molecule has 0 unspecified atom stereocenters. The average Bonchev–Trinajstić information content (AvgIpc) is 3.89. The van der Waals surface area contributed by atoms with Crippen LogP contribution >= 0.6 is 0 Å². The molecule has 0 spiro atoms. The maximum absolute atomic E-state index is 14.9. The van der Waals surface area contributed by atoms with Gasteiger partial charge in [-0.1, -0.05) is 104 Å². The van der Waals surface area contributed by atoms with Gasteiger partial charge in [-0.2, -0.15) is 10.2 Å². The van der Waals surface area contributed by atoms with E-state index in [0.29, 0.717) is 66.0 Å². The highest BCUT2D eigenvalue weighted by Gasteiger charge is 2.36. The number of rotatable bonds is 31. The molecular formula is C54H81N7O8. The number of likely N-dealkylation sites (N-methyl/N-ethyl adjacent to an activating group) is 1. The highest BCUT2D eigenvalue weighted by molar-refractivity contribution is 6.43. The Labute approximate surface area is 410 Å². The van der Waals surface area contributed by atoms with Gasteiger partial charge in [0, 0.05) is 87.3 Å². The van der Waals surface area contributed by atoms with E-state index >= 15 is 0 Å². The summed E-state index contributed by atoms with van der Waals surface area (Å²) in [5.74, 6) is -3.34. The standard InChI is InChI=1S/C54H81N7O8/c1-5-6-7-8-9-10-11-12-13-14-15-19-42(62)35-41(18-16-17-25-55)54(67)61(4)51-40-21-23-50(69-30-27-57)44(36-40)43-33-39(20-22-49(43)68-29-26-56)34-46(59-53(66)38(3)32-48(51)64)47(63)31-37(2)52(65)45-24-28-58-60-45/h20-23,28,33,36-38,41,46,51H,5-19,24-27,29-32,34-35,55-57H2,1-4H3,(H,59,66)/t37-,38-,41-,46+,51+/m1/s1. The molecule has 15 heteroatoms. The number of hydrogen-bond donors (Lipinski definition) is 4. The number of nitrogens with one attached hydrogen (secondary N) is 1. The number of ketones is 4. The number of ether oxygens (including phenoxy) is 2. The van der Waals surface area contributed by atoms with Crippen LogP contribution in [0.1, 0.15) is 160 Å². The third-order valence-electron chi connectivity index (χ3n) is 13.2. The first-order valence-electron chi connectivity index (χ1n) is 25.7. The summed E-state index contributed by atoms with van der Waals surface area (Å²) in [6, 6.07) is 8.47. The summed E-state index contributed by atoms with van der Waals surface area (Å²) in [7, 11) is 1.58. The normalized spacial score (nSPS) is 17.9. The molecule has 0 radical (unpaired) electrons. The van der Waals surface area contributed by atoms with Gasteiger partial charge in [0.15, 0.2) is 17.3 Å². The number of hydrogen-bond acceptors (Lipinski definition) is 13. The van der Waals surface area contributed by atoms with E-state index in [9.17, 15) is 28.8 Å². The van der Waals surface area contributed by atoms with Crippen LogP contribution in [0.5, 0.6) is 11.5 Å². The minimum absolute atomic E-state index is 0.0193. The van der Waals surface area contributed by atoms with Crippen LogP contribution < -0.4 is 32.0 Å². The zero-order chi connectivity index (χ0) is 50.1. The van der Waals surface area contributed by atoms with E-state index in [4.69, 9.17) is 26.7 Å². The van der Waals surface area contributed by atoms with E-state index in [-0.39, 0.29) is 87.4 Å². The minimum Gasteiger partial charge on any atom is -0.492 e. The van der Waals surface area contributed by atoms with Crippen molar-refractivity contribution in [3.8, 4) is 22.6 Å². The molecule has 69 heavy (non-hydrogen) atoms. The summed E-state index contributed by atoms with van der Waals surface area (Å²) in [5, 5.41) is 10.6. The second-order valence-electron chi connectivity index (χ2n) is 19.0. The fourth-order valence-corrected chi connectivity index (χ4v) is 9.23. The SMILES string of the molecule is CCCCCCCCCCCCCC(=O)C[C@@H](CCCCN)C(=O)N(C)[C@@H]1C(=O)C[C@@H](C)C(=O)N[C@H](C(=O)C[C@@H](C)C(=O)C2=NN=CC2)Cc2ccc(OCCN)c(c2)-c2cc1ccc2OCCN. The van der Waals surface area contributed by atoms with E-state index in [1.54, 1.807) is 45.2 Å². The number of carbonyl (C=O) groups is 6. The molecule has 2 aliphatic heterocycles. The van der Waals surface area contributed by atoms with Crippen molar-refractivity contribution in [2.75, 3.05) is 39.9 Å². The first-order valence-corrected chi connectivity index (χ1v) is 25.7. The fraction of sp³-hybridized carbons (Fsp3) is 0.630. The van der Waals surface area contributed by atoms with Crippen LogP contribution in [0.3, 0.4) is 0 Å². The van der Waals surface area contributed by atoms with Crippen LogP contribution in [-0.4, -0.2) is 97.7 Å². The summed E-state index contributed by atoms with van der Waals surface area (Å²) >= 11 is 0. The number of amides is 2. The second kappa shape index (κ2) is 30.5. The molecule has 2 aromatic rings. The van der Waals surface area contributed by atoms with Gasteiger partial charge in [-0.05, 0) is 67.6 Å². The smallest absolute Gasteiger partial charge is 0.226 e. The van der Waals surface area contributed by atoms with Crippen LogP contribution in [0.2, 0.25) is 0 Å². The lowest BCUT2D eigenvalue weighted by Crippen LogP contribution is -2.46. The van der Waals surface area contributed by atoms with Gasteiger partial charge >= 0.3 is 0 Å². The number of fused-ring (bicyclic) bond motifs is 5. The summed E-state index contributed by atoms with van der Waals surface area (Å²) in [5.41, 5.74) is 20.2. The summed E-state index contributed by atoms with van der Waals surface area (Å²) < 4.78 is 12.4. The molecule has 2 amide bonds. The van der Waals surface area contributed by atoms with Gasteiger partial charge in [-0.25, -0.2) is 0 Å². The van der Waals surface area contributed by atoms with E-state index < -0.39 is 41.5 Å². The molecule has 2 heterocycles. The van der Waals surface area contributed by atoms with Gasteiger partial charge in [0.2, 0.25) is 11.8 Å². The van der Waals surface area contributed by atoms with Crippen molar-refractivity contribution in [3.63, 3.8) is 0 Å². The molecule has 380 valence electrons. The fourth-order valence-electron chi connectivity index (χ4n) is 9.23. The van der Waals surface area contributed by atoms with Gasteiger partial charge in [0.1, 0.15) is 42.2 Å². The van der Waals surface area contributed by atoms with E-state index in [1.165, 1.54) is 56.1 Å². The molecule has 0 fully saturated rings. The van der Waals surface area contributed by atoms with Crippen LogP contribution in [0, 0.1) is 17.8 Å². The predicted molar refractivity (Wildman–Crippen MR) is 272 cm³/mol. The number of carbonyl (C=O) groups excluding carboxylic acids is 6. The first kappa shape index (κ1) is 56.5. The molecule has 4 rings (SSSR count). The molecule has 4 bridgehead atoms. The van der Waals surface area contributed by atoms with Crippen molar-refractivity contribution in [2.24, 2.45) is 45.2 Å². The maximum Gasteiger partial charge on any atom is 0.226 e. The molecule has 7 N–H and O–H groups in total. The number of benzene rings is 2. The Morgan fingerprint density at radius 3 is 2.01 bits per heavy atom. The molecular weight excluding hydrogens is 875 g/mol. The van der Waals surface area contributed by atoms with Crippen LogP contribution in [0.15, 0.2) is 46.6 Å². The van der Waals surface area contributed by atoms with Gasteiger partial charge in [0.05, 0.1) is 6.04 Å². The minimum atomic E-state index is -1.17. The molecule has 2 aromatic carbocycles. The largest absolute Gasteiger partial charge is 0.492 e. The third kappa shape index (κ3) is 18.0. The topological polar surface area (TPSA) is 239 Å². The van der Waals surface area contributed by atoms with Crippen molar-refractivity contribution >= 4 is 46.9 Å². The number of Topliss-reactive ketones (excluding diaryl/α,β-unsaturated/α-hetero) is 4. The zero-order valence-corrected chi connectivity index (χ0v) is 41.9. The molecule has 2 aliphatic rings. The molecule has 0 aromatic heterocycles. The van der Waals surface area contributed by atoms with Crippen LogP contribution in [-0.2, 0) is 35.2 Å². The highest BCUT2D eigenvalue weighted by Crippen LogP contribution is 2.41. The number of nitrogens with zero attached hydrogens (tertiary/aromatic N) is 3. The van der Waals surface area contributed by atoms with Crippen molar-refractivity contribution in [1.82, 2.24) is 10.2 Å². The van der Waals surface area contributed by atoms with E-state index in [2.05, 4.69) is 22.4 Å². The van der Waals surface area contributed by atoms with E-state index in [1.807, 2.05) is 12.1 Å². The number of unbranched alkanes of at least 4 members (excludes halogenated alkanes) is 11. The zero-order valence-electron chi connectivity index (χ0n) is 41.9. The predicted octanol–water partition coefficient (Wildman–Crippen LogP) is 7.56. The van der Waals surface area contributed by atoms with E-state index in [0.717, 1.165) is 25.7 Å². The van der Waals surface area contributed by atoms with Gasteiger partial charge < -0.3 is 36.9 Å². The maximum atomic E-state index is 14.9. The molecule has 15 nitrogen and oxygen atoms in total. The van der Waals surface area contributed by atoms with Gasteiger partial charge in [0.25, 0.3) is 0 Å². The Morgan fingerprint density at radius 2 is 1.41 bits per heavy atom. The van der Waals surface area contributed by atoms with Crippen LogP contribution in [0.25, 0.3) is 11.1 Å². The monoisotopic (exact) mass is 956 g/mol. The lowest BCUT2D eigenvalue weighted by molar-refractivity contribution is -0.144. The Morgan fingerprint density at radius 1 is 0.783 bits per heavy atom.